The Balaban J connectivity index is 1.74. The fourth-order valence-corrected chi connectivity index (χ4v) is 3.22. The number of hydrogen-bond acceptors (Lipinski definition) is 3. The summed E-state index contributed by atoms with van der Waals surface area (Å²) in [6, 6.07) is 0.688. The lowest BCUT2D eigenvalue weighted by Gasteiger charge is -2.30. The van der Waals surface area contributed by atoms with Crippen LogP contribution in [0.2, 0.25) is 0 Å². The Morgan fingerprint density at radius 2 is 2.22 bits per heavy atom. The zero-order valence-corrected chi connectivity index (χ0v) is 11.5. The van der Waals surface area contributed by atoms with E-state index in [0.29, 0.717) is 11.9 Å². The first-order chi connectivity index (χ1) is 8.67. The van der Waals surface area contributed by atoms with Crippen molar-refractivity contribution < 1.29 is 5.21 Å². The van der Waals surface area contributed by atoms with Crippen molar-refractivity contribution in [1.29, 1.82) is 0 Å². The van der Waals surface area contributed by atoms with Crippen molar-refractivity contribution in [2.24, 2.45) is 22.2 Å². The standard InChI is InChI=1S/C14H27N3O/c1-2-11-4-3-5-12(8-11)16-10-14(6-7-14)9-13(15)17-18/h11-12,16,18H,2-10H2,1H3,(H2,15,17). The van der Waals surface area contributed by atoms with Crippen LogP contribution in [0, 0.1) is 11.3 Å². The number of hydrogen-bond donors (Lipinski definition) is 3. The van der Waals surface area contributed by atoms with Crippen LogP contribution < -0.4 is 11.1 Å². The van der Waals surface area contributed by atoms with Gasteiger partial charge in [-0.2, -0.15) is 0 Å². The van der Waals surface area contributed by atoms with Crippen LogP contribution in [-0.4, -0.2) is 23.6 Å². The Bertz CT molecular complexity index is 299. The summed E-state index contributed by atoms with van der Waals surface area (Å²) in [5, 5.41) is 15.5. The van der Waals surface area contributed by atoms with Gasteiger partial charge in [0.1, 0.15) is 5.84 Å². The highest BCUT2D eigenvalue weighted by atomic mass is 16.4. The predicted octanol–water partition coefficient (Wildman–Crippen LogP) is 2.46. The average Bonchev–Trinajstić information content (AvgIpc) is 3.17. The number of oxime groups is 1. The number of rotatable bonds is 6. The third-order valence-corrected chi connectivity index (χ3v) is 4.77. The predicted molar refractivity (Wildman–Crippen MR) is 73.7 cm³/mol. The molecule has 104 valence electrons. The van der Waals surface area contributed by atoms with E-state index in [-0.39, 0.29) is 5.41 Å². The maximum absolute atomic E-state index is 8.65. The fraction of sp³-hybridized carbons (Fsp3) is 0.929. The van der Waals surface area contributed by atoms with Crippen LogP contribution in [0.5, 0.6) is 0 Å². The maximum atomic E-state index is 8.65. The lowest BCUT2D eigenvalue weighted by atomic mass is 9.84. The average molecular weight is 253 g/mol. The van der Waals surface area contributed by atoms with E-state index in [0.717, 1.165) is 18.9 Å². The molecule has 0 heterocycles. The molecular formula is C14H27N3O. The highest BCUT2D eigenvalue weighted by Crippen LogP contribution is 2.48. The van der Waals surface area contributed by atoms with Crippen molar-refractivity contribution in [2.45, 2.75) is 64.3 Å². The minimum atomic E-state index is 0.287. The minimum absolute atomic E-state index is 0.287. The molecule has 2 rings (SSSR count). The number of nitrogens with one attached hydrogen (secondary N) is 1. The molecule has 0 aromatic heterocycles. The van der Waals surface area contributed by atoms with Gasteiger partial charge in [0, 0.05) is 19.0 Å². The normalized spacial score (nSPS) is 31.3. The Morgan fingerprint density at radius 3 is 2.83 bits per heavy atom. The summed E-state index contributed by atoms with van der Waals surface area (Å²) in [5.41, 5.74) is 5.91. The van der Waals surface area contributed by atoms with Gasteiger partial charge in [-0.3, -0.25) is 0 Å². The summed E-state index contributed by atoms with van der Waals surface area (Å²) in [5.74, 6) is 1.29. The molecule has 0 aromatic carbocycles. The number of nitrogens with two attached hydrogens (primary N) is 1. The third-order valence-electron chi connectivity index (χ3n) is 4.77. The van der Waals surface area contributed by atoms with Crippen molar-refractivity contribution in [3.05, 3.63) is 0 Å². The van der Waals surface area contributed by atoms with Gasteiger partial charge in [0.05, 0.1) is 0 Å². The van der Waals surface area contributed by atoms with E-state index in [9.17, 15) is 0 Å². The van der Waals surface area contributed by atoms with Crippen LogP contribution in [0.4, 0.5) is 0 Å². The van der Waals surface area contributed by atoms with Gasteiger partial charge in [-0.25, -0.2) is 0 Å². The van der Waals surface area contributed by atoms with Gasteiger partial charge in [0.25, 0.3) is 0 Å². The van der Waals surface area contributed by atoms with Crippen LogP contribution in [0.25, 0.3) is 0 Å². The van der Waals surface area contributed by atoms with E-state index >= 15 is 0 Å². The smallest absolute Gasteiger partial charge is 0.139 e. The van der Waals surface area contributed by atoms with Crippen molar-refractivity contribution in [3.8, 4) is 0 Å². The van der Waals surface area contributed by atoms with Crippen molar-refractivity contribution in [2.75, 3.05) is 6.54 Å². The van der Waals surface area contributed by atoms with E-state index < -0.39 is 0 Å². The molecular weight excluding hydrogens is 226 g/mol. The Morgan fingerprint density at radius 1 is 1.44 bits per heavy atom. The third kappa shape index (κ3) is 3.61. The summed E-state index contributed by atoms with van der Waals surface area (Å²) in [6.45, 7) is 3.33. The zero-order valence-electron chi connectivity index (χ0n) is 11.5. The molecule has 0 radical (unpaired) electrons. The van der Waals surface area contributed by atoms with Gasteiger partial charge in [-0.1, -0.05) is 31.3 Å². The molecule has 18 heavy (non-hydrogen) atoms. The van der Waals surface area contributed by atoms with Crippen molar-refractivity contribution in [3.63, 3.8) is 0 Å². The molecule has 2 aliphatic rings. The molecule has 0 bridgehead atoms. The SMILES string of the molecule is CCC1CCCC(NCC2(CC(N)=NO)CC2)C1. The van der Waals surface area contributed by atoms with E-state index in [2.05, 4.69) is 17.4 Å². The van der Waals surface area contributed by atoms with Gasteiger partial charge in [0.15, 0.2) is 0 Å². The summed E-state index contributed by atoms with van der Waals surface area (Å²) in [4.78, 5) is 0. The molecule has 0 saturated heterocycles. The fourth-order valence-electron chi connectivity index (χ4n) is 3.22. The quantitative estimate of drug-likeness (QED) is 0.295. The van der Waals surface area contributed by atoms with E-state index in [4.69, 9.17) is 10.9 Å². The molecule has 2 unspecified atom stereocenters. The van der Waals surface area contributed by atoms with Gasteiger partial charge >= 0.3 is 0 Å². The summed E-state index contributed by atoms with van der Waals surface area (Å²) in [7, 11) is 0. The lowest BCUT2D eigenvalue weighted by Crippen LogP contribution is -2.38. The largest absolute Gasteiger partial charge is 0.409 e. The van der Waals surface area contributed by atoms with E-state index in [1.165, 1.54) is 44.9 Å². The molecule has 2 fully saturated rings. The lowest BCUT2D eigenvalue weighted by molar-refractivity contribution is 0.266. The second-order valence-electron chi connectivity index (χ2n) is 6.29. The molecule has 2 saturated carbocycles. The van der Waals surface area contributed by atoms with E-state index in [1.807, 2.05) is 0 Å². The Hall–Kier alpha value is -0.770. The molecule has 2 aliphatic carbocycles. The maximum Gasteiger partial charge on any atom is 0.139 e. The molecule has 4 nitrogen and oxygen atoms in total. The summed E-state index contributed by atoms with van der Waals surface area (Å²) < 4.78 is 0. The second kappa shape index (κ2) is 5.91. The minimum Gasteiger partial charge on any atom is -0.409 e. The molecule has 0 aliphatic heterocycles. The first-order valence-electron chi connectivity index (χ1n) is 7.37. The van der Waals surface area contributed by atoms with Crippen LogP contribution in [0.1, 0.15) is 58.3 Å². The molecule has 4 N–H and O–H groups in total. The van der Waals surface area contributed by atoms with Gasteiger partial charge in [-0.05, 0) is 37.0 Å². The summed E-state index contributed by atoms with van der Waals surface area (Å²) >= 11 is 0. The van der Waals surface area contributed by atoms with Crippen LogP contribution in [0.3, 0.4) is 0 Å². The highest BCUT2D eigenvalue weighted by molar-refractivity contribution is 5.80. The first-order valence-corrected chi connectivity index (χ1v) is 7.37. The van der Waals surface area contributed by atoms with Crippen LogP contribution in [0.15, 0.2) is 5.16 Å². The van der Waals surface area contributed by atoms with Gasteiger partial charge < -0.3 is 16.3 Å². The monoisotopic (exact) mass is 253 g/mol. The zero-order chi connectivity index (χ0) is 13.0. The second-order valence-corrected chi connectivity index (χ2v) is 6.29. The topological polar surface area (TPSA) is 70.6 Å². The number of nitrogens with zero attached hydrogens (tertiary/aromatic N) is 1. The Labute approximate surface area is 110 Å². The molecule has 2 atom stereocenters. The van der Waals surface area contributed by atoms with Crippen LogP contribution >= 0.6 is 0 Å². The molecule has 0 aromatic rings. The highest BCUT2D eigenvalue weighted by Gasteiger charge is 2.43. The van der Waals surface area contributed by atoms with Crippen molar-refractivity contribution in [1.82, 2.24) is 5.32 Å². The van der Waals surface area contributed by atoms with Crippen molar-refractivity contribution >= 4 is 5.84 Å². The molecule has 4 heteroatoms. The number of amidine groups is 1. The molecule has 0 spiro atoms. The summed E-state index contributed by atoms with van der Waals surface area (Å²) in [6.07, 6.45) is 9.88. The first kappa shape index (κ1) is 13.7. The molecule has 0 amide bonds. The Kier molecular flexibility index (Phi) is 4.49. The van der Waals surface area contributed by atoms with Gasteiger partial charge in [0.2, 0.25) is 0 Å². The van der Waals surface area contributed by atoms with E-state index in [1.54, 1.807) is 0 Å². The van der Waals surface area contributed by atoms with Crippen LogP contribution in [-0.2, 0) is 0 Å². The van der Waals surface area contributed by atoms with Gasteiger partial charge in [-0.15, -0.1) is 0 Å².